The van der Waals surface area contributed by atoms with Gasteiger partial charge in [0.1, 0.15) is 0 Å². The molecule has 1 saturated heterocycles. The molecule has 0 aromatic heterocycles. The second-order valence-corrected chi connectivity index (χ2v) is 7.48. The predicted octanol–water partition coefficient (Wildman–Crippen LogP) is 3.83. The van der Waals surface area contributed by atoms with Crippen molar-refractivity contribution < 1.29 is 9.59 Å². The Morgan fingerprint density at radius 1 is 1.04 bits per heavy atom. The lowest BCUT2D eigenvalue weighted by Gasteiger charge is -2.33. The summed E-state index contributed by atoms with van der Waals surface area (Å²) in [5.41, 5.74) is 1.07. The van der Waals surface area contributed by atoms with E-state index in [4.69, 9.17) is 0 Å². The smallest absolute Gasteiger partial charge is 0.223 e. The zero-order valence-electron chi connectivity index (χ0n) is 15.1. The molecular weight excluding hydrogens is 312 g/mol. The van der Waals surface area contributed by atoms with E-state index < -0.39 is 0 Å². The fourth-order valence-electron chi connectivity index (χ4n) is 4.18. The van der Waals surface area contributed by atoms with E-state index in [0.29, 0.717) is 18.8 Å². The highest BCUT2D eigenvalue weighted by Gasteiger charge is 2.29. The summed E-state index contributed by atoms with van der Waals surface area (Å²) in [6, 6.07) is 9.90. The molecule has 0 radical (unpaired) electrons. The van der Waals surface area contributed by atoms with Crippen LogP contribution in [0.15, 0.2) is 30.3 Å². The Labute approximate surface area is 151 Å². The first-order chi connectivity index (χ1) is 12.2. The molecule has 0 bridgehead atoms. The molecule has 25 heavy (non-hydrogen) atoms. The molecule has 1 aromatic rings. The maximum atomic E-state index is 13.1. The maximum absolute atomic E-state index is 13.1. The van der Waals surface area contributed by atoms with Crippen molar-refractivity contribution in [3.05, 3.63) is 35.9 Å². The fourth-order valence-corrected chi connectivity index (χ4v) is 4.18. The molecule has 2 aliphatic rings. The van der Waals surface area contributed by atoms with Gasteiger partial charge in [0.25, 0.3) is 0 Å². The molecule has 1 aliphatic carbocycles. The van der Waals surface area contributed by atoms with Crippen LogP contribution >= 0.6 is 0 Å². The quantitative estimate of drug-likeness (QED) is 0.907. The van der Waals surface area contributed by atoms with Gasteiger partial charge in [0.05, 0.1) is 12.5 Å². The molecular formula is C21H30N2O2. The lowest BCUT2D eigenvalue weighted by atomic mass is 9.97. The van der Waals surface area contributed by atoms with Gasteiger partial charge in [-0.25, -0.2) is 0 Å². The van der Waals surface area contributed by atoms with E-state index in [0.717, 1.165) is 37.9 Å². The average Bonchev–Trinajstić information content (AvgIpc) is 3.13. The van der Waals surface area contributed by atoms with Gasteiger partial charge in [-0.05, 0) is 43.6 Å². The molecule has 2 amide bonds. The summed E-state index contributed by atoms with van der Waals surface area (Å²) in [6.07, 6.45) is 8.92. The standard InChI is InChI=1S/C21H30N2O2/c24-20-16-19(18-11-3-1-4-12-18)23(14-8-2-7-13-22-20)21(25)15-17-9-5-6-10-17/h1,3-4,11-12,17,19H,2,5-10,13-16H2,(H,22,24)/t19-/m0/s1. The summed E-state index contributed by atoms with van der Waals surface area (Å²) in [6.45, 7) is 1.51. The summed E-state index contributed by atoms with van der Waals surface area (Å²) in [5.74, 6) is 0.816. The number of hydrogen-bond donors (Lipinski definition) is 1. The predicted molar refractivity (Wildman–Crippen MR) is 98.9 cm³/mol. The van der Waals surface area contributed by atoms with E-state index in [1.807, 2.05) is 35.2 Å². The van der Waals surface area contributed by atoms with Gasteiger partial charge in [0.15, 0.2) is 0 Å². The van der Waals surface area contributed by atoms with Crippen LogP contribution in [0.1, 0.15) is 69.4 Å². The highest BCUT2D eigenvalue weighted by molar-refractivity contribution is 5.80. The molecule has 1 saturated carbocycles. The van der Waals surface area contributed by atoms with Crippen molar-refractivity contribution in [3.8, 4) is 0 Å². The van der Waals surface area contributed by atoms with Gasteiger partial charge in [-0.2, -0.15) is 0 Å². The first-order valence-electron chi connectivity index (χ1n) is 9.85. The van der Waals surface area contributed by atoms with Gasteiger partial charge in [-0.1, -0.05) is 43.2 Å². The molecule has 3 rings (SSSR count). The Hall–Kier alpha value is -1.84. The van der Waals surface area contributed by atoms with Crippen molar-refractivity contribution in [2.75, 3.05) is 13.1 Å². The van der Waals surface area contributed by atoms with Crippen LogP contribution in [0.5, 0.6) is 0 Å². The van der Waals surface area contributed by atoms with Crippen LogP contribution in [0.4, 0.5) is 0 Å². The minimum Gasteiger partial charge on any atom is -0.356 e. The van der Waals surface area contributed by atoms with Crippen LogP contribution in [-0.2, 0) is 9.59 Å². The molecule has 1 heterocycles. The molecule has 0 unspecified atom stereocenters. The Balaban J connectivity index is 1.81. The lowest BCUT2D eigenvalue weighted by Crippen LogP contribution is -2.40. The van der Waals surface area contributed by atoms with Crippen LogP contribution in [-0.4, -0.2) is 29.8 Å². The zero-order valence-corrected chi connectivity index (χ0v) is 15.1. The molecule has 1 aliphatic heterocycles. The van der Waals surface area contributed by atoms with E-state index in [2.05, 4.69) is 5.32 Å². The van der Waals surface area contributed by atoms with Gasteiger partial charge in [-0.3, -0.25) is 9.59 Å². The largest absolute Gasteiger partial charge is 0.356 e. The minimum absolute atomic E-state index is 0.0504. The van der Waals surface area contributed by atoms with Crippen molar-refractivity contribution in [1.82, 2.24) is 10.2 Å². The fraction of sp³-hybridized carbons (Fsp3) is 0.619. The van der Waals surface area contributed by atoms with Gasteiger partial charge < -0.3 is 10.2 Å². The highest BCUT2D eigenvalue weighted by Crippen LogP contribution is 2.31. The number of carbonyl (C=O) groups is 2. The molecule has 1 atom stereocenters. The molecule has 136 valence electrons. The van der Waals surface area contributed by atoms with Crippen molar-refractivity contribution in [2.24, 2.45) is 5.92 Å². The maximum Gasteiger partial charge on any atom is 0.223 e. The van der Waals surface area contributed by atoms with E-state index in [9.17, 15) is 9.59 Å². The summed E-state index contributed by atoms with van der Waals surface area (Å²) in [5, 5.41) is 3.01. The zero-order chi connectivity index (χ0) is 17.5. The number of amides is 2. The Morgan fingerprint density at radius 3 is 2.56 bits per heavy atom. The van der Waals surface area contributed by atoms with Gasteiger partial charge >= 0.3 is 0 Å². The first-order valence-corrected chi connectivity index (χ1v) is 9.85. The highest BCUT2D eigenvalue weighted by atomic mass is 16.2. The lowest BCUT2D eigenvalue weighted by molar-refractivity contribution is -0.136. The van der Waals surface area contributed by atoms with Crippen LogP contribution < -0.4 is 5.32 Å². The monoisotopic (exact) mass is 342 g/mol. The number of nitrogens with one attached hydrogen (secondary N) is 1. The third-order valence-electron chi connectivity index (χ3n) is 5.60. The molecule has 4 heteroatoms. The molecule has 0 spiro atoms. The summed E-state index contributed by atoms with van der Waals surface area (Å²) in [4.78, 5) is 27.4. The second-order valence-electron chi connectivity index (χ2n) is 7.48. The van der Waals surface area contributed by atoms with E-state index in [1.165, 1.54) is 25.7 Å². The van der Waals surface area contributed by atoms with Crippen molar-refractivity contribution >= 4 is 11.8 Å². The van der Waals surface area contributed by atoms with E-state index in [-0.39, 0.29) is 17.9 Å². The molecule has 4 nitrogen and oxygen atoms in total. The number of benzene rings is 1. The summed E-state index contributed by atoms with van der Waals surface area (Å²) < 4.78 is 0. The third-order valence-corrected chi connectivity index (χ3v) is 5.60. The van der Waals surface area contributed by atoms with Crippen LogP contribution in [0, 0.1) is 5.92 Å². The number of hydrogen-bond acceptors (Lipinski definition) is 2. The van der Waals surface area contributed by atoms with E-state index in [1.54, 1.807) is 0 Å². The van der Waals surface area contributed by atoms with Crippen LogP contribution in [0.2, 0.25) is 0 Å². The Morgan fingerprint density at radius 2 is 1.80 bits per heavy atom. The molecule has 1 aromatic carbocycles. The van der Waals surface area contributed by atoms with Crippen LogP contribution in [0.3, 0.4) is 0 Å². The van der Waals surface area contributed by atoms with Crippen LogP contribution in [0.25, 0.3) is 0 Å². The molecule has 2 fully saturated rings. The second kappa shape index (κ2) is 9.02. The Kier molecular flexibility index (Phi) is 6.48. The molecule has 1 N–H and O–H groups in total. The number of nitrogens with zero attached hydrogens (tertiary/aromatic N) is 1. The summed E-state index contributed by atoms with van der Waals surface area (Å²) in [7, 11) is 0. The average molecular weight is 342 g/mol. The van der Waals surface area contributed by atoms with Crippen molar-refractivity contribution in [2.45, 2.75) is 63.8 Å². The third kappa shape index (κ3) is 5.07. The number of carbonyl (C=O) groups excluding carboxylic acids is 2. The topological polar surface area (TPSA) is 49.4 Å². The van der Waals surface area contributed by atoms with Gasteiger partial charge in [0, 0.05) is 19.5 Å². The summed E-state index contributed by atoms with van der Waals surface area (Å²) >= 11 is 0. The van der Waals surface area contributed by atoms with Gasteiger partial charge in [0.2, 0.25) is 11.8 Å². The van der Waals surface area contributed by atoms with E-state index >= 15 is 0 Å². The SMILES string of the molecule is O=C1C[C@@H](c2ccccc2)N(C(=O)CC2CCCC2)CCCCCN1. The normalized spacial score (nSPS) is 23.3. The Bertz CT molecular complexity index is 567. The first kappa shape index (κ1) is 18.0. The van der Waals surface area contributed by atoms with Crippen molar-refractivity contribution in [1.29, 1.82) is 0 Å². The van der Waals surface area contributed by atoms with Gasteiger partial charge in [-0.15, -0.1) is 0 Å². The number of rotatable bonds is 3. The minimum atomic E-state index is -0.145. The van der Waals surface area contributed by atoms with Crippen molar-refractivity contribution in [3.63, 3.8) is 0 Å².